The summed E-state index contributed by atoms with van der Waals surface area (Å²) in [5.41, 5.74) is 10.6. The van der Waals surface area contributed by atoms with Gasteiger partial charge in [0.15, 0.2) is 0 Å². The second-order valence-electron chi connectivity index (χ2n) is 6.78. The van der Waals surface area contributed by atoms with Crippen LogP contribution in [0.1, 0.15) is 22.3 Å². The summed E-state index contributed by atoms with van der Waals surface area (Å²) in [5.74, 6) is 0. The summed E-state index contributed by atoms with van der Waals surface area (Å²) in [6, 6.07) is 21.8. The predicted molar refractivity (Wildman–Crippen MR) is 109 cm³/mol. The van der Waals surface area contributed by atoms with Crippen molar-refractivity contribution in [2.45, 2.75) is 20.3 Å². The summed E-state index contributed by atoms with van der Waals surface area (Å²) in [6.45, 7) is 4.41. The Balaban J connectivity index is 1.82. The third-order valence-electron chi connectivity index (χ3n) is 5.26. The van der Waals surface area contributed by atoms with Crippen LogP contribution < -0.4 is 4.90 Å². The van der Waals surface area contributed by atoms with E-state index in [2.05, 4.69) is 98.6 Å². The third-order valence-corrected chi connectivity index (χ3v) is 5.26. The van der Waals surface area contributed by atoms with E-state index in [-0.39, 0.29) is 0 Å². The molecule has 0 atom stereocenters. The van der Waals surface area contributed by atoms with Gasteiger partial charge in [-0.1, -0.05) is 60.7 Å². The molecule has 0 aliphatic heterocycles. The van der Waals surface area contributed by atoms with E-state index in [1.165, 1.54) is 44.8 Å². The van der Waals surface area contributed by atoms with Gasteiger partial charge in [0.25, 0.3) is 0 Å². The number of nitrogens with zero attached hydrogens (tertiary/aromatic N) is 1. The number of hydrogen-bond acceptors (Lipinski definition) is 1. The molecule has 0 fully saturated rings. The van der Waals surface area contributed by atoms with Gasteiger partial charge in [-0.15, -0.1) is 0 Å². The van der Waals surface area contributed by atoms with Gasteiger partial charge in [0.05, 0.1) is 0 Å². The second-order valence-corrected chi connectivity index (χ2v) is 6.78. The molecule has 0 unspecified atom stereocenters. The summed E-state index contributed by atoms with van der Waals surface area (Å²) >= 11 is 0. The van der Waals surface area contributed by atoms with Crippen molar-refractivity contribution in [3.8, 4) is 11.1 Å². The number of allylic oxidation sites excluding steroid dienone is 1. The Morgan fingerprint density at radius 2 is 1.48 bits per heavy atom. The van der Waals surface area contributed by atoms with Gasteiger partial charge >= 0.3 is 0 Å². The van der Waals surface area contributed by atoms with E-state index in [0.29, 0.717) is 0 Å². The molecule has 25 heavy (non-hydrogen) atoms. The molecule has 0 bridgehead atoms. The first-order valence-electron chi connectivity index (χ1n) is 8.84. The van der Waals surface area contributed by atoms with Crippen LogP contribution in [0.25, 0.3) is 17.2 Å². The molecule has 0 amide bonds. The topological polar surface area (TPSA) is 3.24 Å². The minimum Gasteiger partial charge on any atom is -0.344 e. The van der Waals surface area contributed by atoms with Gasteiger partial charge in [0.2, 0.25) is 0 Å². The largest absolute Gasteiger partial charge is 0.344 e. The highest BCUT2D eigenvalue weighted by atomic mass is 15.1. The Morgan fingerprint density at radius 1 is 0.760 bits per heavy atom. The fraction of sp³-hybridized carbons (Fsp3) is 0.167. The Bertz CT molecular complexity index is 966. The van der Waals surface area contributed by atoms with Crippen LogP contribution in [0.4, 0.5) is 11.4 Å². The van der Waals surface area contributed by atoms with E-state index in [0.717, 1.165) is 6.42 Å². The molecule has 0 radical (unpaired) electrons. The number of fused-ring (bicyclic) bond motifs is 1. The monoisotopic (exact) mass is 325 g/mol. The summed E-state index contributed by atoms with van der Waals surface area (Å²) in [5, 5.41) is 0. The van der Waals surface area contributed by atoms with Crippen LogP contribution in [0.3, 0.4) is 0 Å². The van der Waals surface area contributed by atoms with E-state index in [9.17, 15) is 0 Å². The molecule has 124 valence electrons. The minimum atomic E-state index is 1.04. The number of anilines is 2. The highest BCUT2D eigenvalue weighted by Crippen LogP contribution is 2.38. The lowest BCUT2D eigenvalue weighted by Crippen LogP contribution is -2.13. The molecule has 0 saturated heterocycles. The van der Waals surface area contributed by atoms with Gasteiger partial charge in [-0.25, -0.2) is 0 Å². The maximum absolute atomic E-state index is 2.33. The first kappa shape index (κ1) is 15.7. The molecule has 0 saturated carbocycles. The average Bonchev–Trinajstić information content (AvgIpc) is 3.11. The van der Waals surface area contributed by atoms with Crippen LogP contribution in [0.5, 0.6) is 0 Å². The normalized spacial score (nSPS) is 12.3. The summed E-state index contributed by atoms with van der Waals surface area (Å²) < 4.78 is 0. The lowest BCUT2D eigenvalue weighted by molar-refractivity contribution is 1.17. The van der Waals surface area contributed by atoms with Gasteiger partial charge in [-0.05, 0) is 60.2 Å². The average molecular weight is 325 g/mol. The number of rotatable bonds is 3. The Labute approximate surface area is 150 Å². The van der Waals surface area contributed by atoms with Crippen LogP contribution in [0.15, 0.2) is 66.7 Å². The number of benzene rings is 3. The van der Waals surface area contributed by atoms with E-state index in [1.54, 1.807) is 0 Å². The van der Waals surface area contributed by atoms with Crippen molar-refractivity contribution in [1.82, 2.24) is 0 Å². The zero-order valence-corrected chi connectivity index (χ0v) is 15.1. The molecule has 4 rings (SSSR count). The first-order chi connectivity index (χ1) is 12.2. The van der Waals surface area contributed by atoms with Crippen molar-refractivity contribution in [3.63, 3.8) is 0 Å². The van der Waals surface area contributed by atoms with E-state index < -0.39 is 0 Å². The van der Waals surface area contributed by atoms with Crippen LogP contribution in [-0.2, 0) is 6.42 Å². The molecule has 1 aliphatic carbocycles. The molecule has 1 nitrogen and oxygen atoms in total. The Morgan fingerprint density at radius 3 is 2.32 bits per heavy atom. The molecule has 1 heteroatoms. The van der Waals surface area contributed by atoms with Crippen molar-refractivity contribution in [2.24, 2.45) is 0 Å². The van der Waals surface area contributed by atoms with Gasteiger partial charge in [0.1, 0.15) is 0 Å². The highest BCUT2D eigenvalue weighted by Gasteiger charge is 2.16. The first-order valence-corrected chi connectivity index (χ1v) is 8.84. The molecule has 0 N–H and O–H groups in total. The second kappa shape index (κ2) is 6.25. The van der Waals surface area contributed by atoms with Crippen LogP contribution in [-0.4, -0.2) is 7.05 Å². The lowest BCUT2D eigenvalue weighted by Gasteiger charge is -2.25. The molecular formula is C24H23N. The van der Waals surface area contributed by atoms with E-state index in [1.807, 2.05) is 0 Å². The van der Waals surface area contributed by atoms with Crippen molar-refractivity contribution in [3.05, 3.63) is 89.0 Å². The van der Waals surface area contributed by atoms with E-state index in [4.69, 9.17) is 0 Å². The van der Waals surface area contributed by atoms with Crippen molar-refractivity contribution >= 4 is 17.5 Å². The van der Waals surface area contributed by atoms with Crippen molar-refractivity contribution in [2.75, 3.05) is 11.9 Å². The Kier molecular flexibility index (Phi) is 3.93. The summed E-state index contributed by atoms with van der Waals surface area (Å²) in [4.78, 5) is 2.33. The molecule has 3 aromatic carbocycles. The SMILES string of the molecule is Cc1ccccc1-c1cccc(N(C)c2cccc3c2C=CC3)c1C. The minimum absolute atomic E-state index is 1.04. The maximum atomic E-state index is 2.33. The summed E-state index contributed by atoms with van der Waals surface area (Å²) in [6.07, 6.45) is 5.54. The number of hydrogen-bond donors (Lipinski definition) is 0. The quantitative estimate of drug-likeness (QED) is 0.545. The molecular weight excluding hydrogens is 302 g/mol. The third kappa shape index (κ3) is 2.66. The summed E-state index contributed by atoms with van der Waals surface area (Å²) in [7, 11) is 2.17. The highest BCUT2D eigenvalue weighted by molar-refractivity contribution is 5.82. The van der Waals surface area contributed by atoms with Crippen LogP contribution in [0.2, 0.25) is 0 Å². The smallest absolute Gasteiger partial charge is 0.0484 e. The lowest BCUT2D eigenvalue weighted by atomic mass is 9.95. The van der Waals surface area contributed by atoms with E-state index >= 15 is 0 Å². The zero-order valence-electron chi connectivity index (χ0n) is 15.1. The Hall–Kier alpha value is -2.80. The molecule has 1 aliphatic rings. The van der Waals surface area contributed by atoms with Gasteiger partial charge in [-0.2, -0.15) is 0 Å². The predicted octanol–water partition coefficient (Wildman–Crippen LogP) is 6.31. The molecule has 0 heterocycles. The van der Waals surface area contributed by atoms with Crippen LogP contribution >= 0.6 is 0 Å². The van der Waals surface area contributed by atoms with Gasteiger partial charge in [0, 0.05) is 24.0 Å². The molecule has 3 aromatic rings. The molecule has 0 aromatic heterocycles. The van der Waals surface area contributed by atoms with Gasteiger partial charge in [-0.3, -0.25) is 0 Å². The van der Waals surface area contributed by atoms with Gasteiger partial charge < -0.3 is 4.90 Å². The van der Waals surface area contributed by atoms with Crippen LogP contribution in [0, 0.1) is 13.8 Å². The maximum Gasteiger partial charge on any atom is 0.0484 e. The van der Waals surface area contributed by atoms with Crippen molar-refractivity contribution in [1.29, 1.82) is 0 Å². The standard InChI is InChI=1S/C24H23N/c1-17-9-4-5-12-20(17)21-13-8-15-23(18(21)2)25(3)24-16-7-11-19-10-6-14-22(19)24/h4-9,11-16H,10H2,1-3H3. The fourth-order valence-electron chi connectivity index (χ4n) is 3.85. The number of aryl methyl sites for hydroxylation is 1. The van der Waals surface area contributed by atoms with Crippen molar-refractivity contribution < 1.29 is 0 Å². The molecule has 0 spiro atoms. The zero-order chi connectivity index (χ0) is 17.4. The fourth-order valence-corrected chi connectivity index (χ4v) is 3.85.